The number of halogens is 1. The molecule has 0 radical (unpaired) electrons. The Morgan fingerprint density at radius 3 is 2.77 bits per heavy atom. The van der Waals surface area contributed by atoms with Gasteiger partial charge in [0, 0.05) is 18.3 Å². The SMILES string of the molecule is C#Cc1cccc(NC(=O)CN(C)C(=O)c2ccc(Br)s2)c1. The highest BCUT2D eigenvalue weighted by molar-refractivity contribution is 9.11. The lowest BCUT2D eigenvalue weighted by Crippen LogP contribution is -2.34. The third-order valence-electron chi connectivity index (χ3n) is 2.82. The average Bonchev–Trinajstić information content (AvgIpc) is 2.93. The molecule has 0 aliphatic carbocycles. The zero-order chi connectivity index (χ0) is 16.1. The number of benzene rings is 1. The predicted octanol–water partition coefficient (Wildman–Crippen LogP) is 3.20. The van der Waals surface area contributed by atoms with Gasteiger partial charge in [0.1, 0.15) is 0 Å². The van der Waals surface area contributed by atoms with Gasteiger partial charge in [0.15, 0.2) is 0 Å². The lowest BCUT2D eigenvalue weighted by atomic mass is 10.2. The number of likely N-dealkylation sites (N-methyl/N-ethyl adjacent to an activating group) is 1. The van der Waals surface area contributed by atoms with E-state index in [2.05, 4.69) is 27.2 Å². The van der Waals surface area contributed by atoms with E-state index >= 15 is 0 Å². The second-order valence-electron chi connectivity index (χ2n) is 4.54. The Balaban J connectivity index is 1.96. The van der Waals surface area contributed by atoms with E-state index in [1.54, 1.807) is 43.4 Å². The van der Waals surface area contributed by atoms with E-state index < -0.39 is 0 Å². The molecule has 0 atom stereocenters. The summed E-state index contributed by atoms with van der Waals surface area (Å²) in [6.45, 7) is -0.0331. The molecular formula is C16H13BrN2O2S. The smallest absolute Gasteiger partial charge is 0.264 e. The van der Waals surface area contributed by atoms with E-state index in [1.807, 2.05) is 0 Å². The average molecular weight is 377 g/mol. The van der Waals surface area contributed by atoms with Crippen LogP contribution in [0, 0.1) is 12.3 Å². The van der Waals surface area contributed by atoms with E-state index in [0.717, 1.165) is 3.79 Å². The third kappa shape index (κ3) is 4.20. The summed E-state index contributed by atoms with van der Waals surface area (Å²) in [5.74, 6) is 2.04. The van der Waals surface area contributed by atoms with Crippen molar-refractivity contribution in [1.29, 1.82) is 0 Å². The first-order valence-corrected chi connectivity index (χ1v) is 7.98. The van der Waals surface area contributed by atoms with Crippen molar-refractivity contribution in [2.75, 3.05) is 18.9 Å². The standard InChI is InChI=1S/C16H13BrN2O2S/c1-3-11-5-4-6-12(9-11)18-15(20)10-19(2)16(21)13-7-8-14(17)22-13/h1,4-9H,10H2,2H3,(H,18,20). The number of amides is 2. The lowest BCUT2D eigenvalue weighted by molar-refractivity contribution is -0.116. The molecular weight excluding hydrogens is 364 g/mol. The Morgan fingerprint density at radius 1 is 1.36 bits per heavy atom. The van der Waals surface area contributed by atoms with Gasteiger partial charge < -0.3 is 10.2 Å². The largest absolute Gasteiger partial charge is 0.332 e. The summed E-state index contributed by atoms with van der Waals surface area (Å²) in [7, 11) is 1.59. The molecule has 0 bridgehead atoms. The highest BCUT2D eigenvalue weighted by Gasteiger charge is 2.16. The Morgan fingerprint density at radius 2 is 2.14 bits per heavy atom. The maximum Gasteiger partial charge on any atom is 0.264 e. The van der Waals surface area contributed by atoms with Crippen LogP contribution >= 0.6 is 27.3 Å². The highest BCUT2D eigenvalue weighted by Crippen LogP contribution is 2.23. The van der Waals surface area contributed by atoms with Crippen molar-refractivity contribution in [3.05, 3.63) is 50.6 Å². The fraction of sp³-hybridized carbons (Fsp3) is 0.125. The third-order valence-corrected chi connectivity index (χ3v) is 4.44. The number of terminal acetylenes is 1. The van der Waals surface area contributed by atoms with Gasteiger partial charge in [0.25, 0.3) is 5.91 Å². The first-order valence-electron chi connectivity index (χ1n) is 6.37. The van der Waals surface area contributed by atoms with E-state index in [4.69, 9.17) is 6.42 Å². The van der Waals surface area contributed by atoms with Gasteiger partial charge in [-0.2, -0.15) is 0 Å². The predicted molar refractivity (Wildman–Crippen MR) is 92.0 cm³/mol. The van der Waals surface area contributed by atoms with E-state index in [1.165, 1.54) is 16.2 Å². The zero-order valence-electron chi connectivity index (χ0n) is 11.8. The number of thiophene rings is 1. The minimum absolute atomic E-state index is 0.0331. The van der Waals surface area contributed by atoms with Crippen molar-refractivity contribution in [3.63, 3.8) is 0 Å². The molecule has 0 fully saturated rings. The van der Waals surface area contributed by atoms with E-state index in [9.17, 15) is 9.59 Å². The van der Waals surface area contributed by atoms with Crippen LogP contribution in [0.5, 0.6) is 0 Å². The molecule has 1 aromatic heterocycles. The molecule has 1 N–H and O–H groups in total. The monoisotopic (exact) mass is 376 g/mol. The Bertz CT molecular complexity index is 749. The number of hydrogen-bond donors (Lipinski definition) is 1. The van der Waals surface area contributed by atoms with Gasteiger partial charge in [-0.25, -0.2) is 0 Å². The number of hydrogen-bond acceptors (Lipinski definition) is 3. The molecule has 2 aromatic rings. The summed E-state index contributed by atoms with van der Waals surface area (Å²) in [6.07, 6.45) is 5.32. The van der Waals surface area contributed by atoms with Gasteiger partial charge in [0.2, 0.25) is 5.91 Å². The summed E-state index contributed by atoms with van der Waals surface area (Å²) in [5.41, 5.74) is 1.30. The van der Waals surface area contributed by atoms with Crippen molar-refractivity contribution in [3.8, 4) is 12.3 Å². The second-order valence-corrected chi connectivity index (χ2v) is 7.00. The van der Waals surface area contributed by atoms with Crippen LogP contribution in [-0.4, -0.2) is 30.3 Å². The molecule has 112 valence electrons. The fourth-order valence-electron chi connectivity index (χ4n) is 1.79. The highest BCUT2D eigenvalue weighted by atomic mass is 79.9. The van der Waals surface area contributed by atoms with Gasteiger partial charge in [0.05, 0.1) is 15.2 Å². The maximum atomic E-state index is 12.2. The summed E-state index contributed by atoms with van der Waals surface area (Å²) >= 11 is 4.64. The molecule has 1 aromatic carbocycles. The summed E-state index contributed by atoms with van der Waals surface area (Å²) in [5, 5.41) is 2.72. The van der Waals surface area contributed by atoms with Gasteiger partial charge in [-0.05, 0) is 46.3 Å². The van der Waals surface area contributed by atoms with Gasteiger partial charge in [-0.3, -0.25) is 9.59 Å². The molecule has 0 unspecified atom stereocenters. The quantitative estimate of drug-likeness (QED) is 0.832. The van der Waals surface area contributed by atoms with Crippen LogP contribution in [0.1, 0.15) is 15.2 Å². The summed E-state index contributed by atoms with van der Waals surface area (Å²) < 4.78 is 0.875. The molecule has 2 rings (SSSR count). The van der Waals surface area contributed by atoms with Gasteiger partial charge >= 0.3 is 0 Å². The van der Waals surface area contributed by atoms with E-state index in [-0.39, 0.29) is 18.4 Å². The van der Waals surface area contributed by atoms with Crippen LogP contribution < -0.4 is 5.32 Å². The molecule has 0 saturated heterocycles. The molecule has 1 heterocycles. The van der Waals surface area contributed by atoms with Crippen molar-refractivity contribution >= 4 is 44.8 Å². The number of carbonyl (C=O) groups is 2. The Labute approximate surface area is 141 Å². The van der Waals surface area contributed by atoms with Gasteiger partial charge in [-0.15, -0.1) is 17.8 Å². The molecule has 0 saturated carbocycles. The normalized spacial score (nSPS) is 9.86. The summed E-state index contributed by atoms with van der Waals surface area (Å²) in [6, 6.07) is 10.5. The number of anilines is 1. The van der Waals surface area contributed by atoms with Gasteiger partial charge in [-0.1, -0.05) is 12.0 Å². The molecule has 2 amide bonds. The Kier molecular flexibility index (Phi) is 5.36. The van der Waals surface area contributed by atoms with Crippen molar-refractivity contribution < 1.29 is 9.59 Å². The first-order chi connectivity index (χ1) is 10.5. The van der Waals surface area contributed by atoms with Crippen LogP contribution in [-0.2, 0) is 4.79 Å². The van der Waals surface area contributed by atoms with Crippen LogP contribution in [0.4, 0.5) is 5.69 Å². The van der Waals surface area contributed by atoms with E-state index in [0.29, 0.717) is 16.1 Å². The van der Waals surface area contributed by atoms with Crippen LogP contribution in [0.25, 0.3) is 0 Å². The topological polar surface area (TPSA) is 49.4 Å². The first kappa shape index (κ1) is 16.3. The lowest BCUT2D eigenvalue weighted by Gasteiger charge is -2.16. The number of nitrogens with one attached hydrogen (secondary N) is 1. The molecule has 22 heavy (non-hydrogen) atoms. The van der Waals surface area contributed by atoms with Crippen LogP contribution in [0.15, 0.2) is 40.2 Å². The molecule has 4 nitrogen and oxygen atoms in total. The molecule has 0 aliphatic rings. The number of carbonyl (C=O) groups excluding carboxylic acids is 2. The van der Waals surface area contributed by atoms with Crippen molar-refractivity contribution in [2.45, 2.75) is 0 Å². The second kappa shape index (κ2) is 7.25. The minimum Gasteiger partial charge on any atom is -0.332 e. The van der Waals surface area contributed by atoms with Crippen LogP contribution in [0.3, 0.4) is 0 Å². The number of rotatable bonds is 4. The fourth-order valence-corrected chi connectivity index (χ4v) is 3.17. The summed E-state index contributed by atoms with van der Waals surface area (Å²) in [4.78, 5) is 26.1. The molecule has 0 aliphatic heterocycles. The minimum atomic E-state index is -0.277. The van der Waals surface area contributed by atoms with Crippen molar-refractivity contribution in [1.82, 2.24) is 4.90 Å². The molecule has 0 spiro atoms. The number of nitrogens with zero attached hydrogens (tertiary/aromatic N) is 1. The maximum absolute atomic E-state index is 12.2. The van der Waals surface area contributed by atoms with Crippen molar-refractivity contribution in [2.24, 2.45) is 0 Å². The van der Waals surface area contributed by atoms with Crippen LogP contribution in [0.2, 0.25) is 0 Å². The molecule has 6 heteroatoms. The zero-order valence-corrected chi connectivity index (χ0v) is 14.2. The Hall–Kier alpha value is -2.10.